The van der Waals surface area contributed by atoms with Crippen molar-refractivity contribution in [1.29, 1.82) is 0 Å². The van der Waals surface area contributed by atoms with Gasteiger partial charge in [0.25, 0.3) is 5.56 Å². The van der Waals surface area contributed by atoms with E-state index in [0.29, 0.717) is 10.2 Å². The first-order valence-electron chi connectivity index (χ1n) is 6.16. The third kappa shape index (κ3) is 3.11. The molecule has 0 aliphatic carbocycles. The van der Waals surface area contributed by atoms with E-state index in [9.17, 15) is 4.79 Å². The Bertz CT molecular complexity index is 673. The van der Waals surface area contributed by atoms with Gasteiger partial charge in [0.2, 0.25) is 0 Å². The van der Waals surface area contributed by atoms with Crippen LogP contribution in [0.1, 0.15) is 24.3 Å². The first-order valence-corrected chi connectivity index (χ1v) is 7.83. The molecule has 1 N–H and O–H groups in total. The Morgan fingerprint density at radius 2 is 2.45 bits per heavy atom. The molecule has 4 nitrogen and oxygen atoms in total. The van der Waals surface area contributed by atoms with E-state index < -0.39 is 0 Å². The highest BCUT2D eigenvalue weighted by Gasteiger charge is 2.14. The zero-order valence-corrected chi connectivity index (χ0v) is 13.4. The molecular formula is C14H14BrN3OS. The first-order chi connectivity index (χ1) is 9.67. The second kappa shape index (κ2) is 6.73. The molecule has 2 heterocycles. The lowest BCUT2D eigenvalue weighted by Crippen LogP contribution is -2.24. The maximum Gasteiger partial charge on any atom is 0.284 e. The molecule has 0 radical (unpaired) electrons. The van der Waals surface area contributed by atoms with E-state index in [4.69, 9.17) is 6.42 Å². The van der Waals surface area contributed by atoms with Gasteiger partial charge in [-0.2, -0.15) is 5.10 Å². The Labute approximate surface area is 130 Å². The van der Waals surface area contributed by atoms with Gasteiger partial charge in [0.15, 0.2) is 0 Å². The zero-order valence-electron chi connectivity index (χ0n) is 11.0. The van der Waals surface area contributed by atoms with Crippen LogP contribution in [-0.4, -0.2) is 9.78 Å². The number of nitrogens with zero attached hydrogens (tertiary/aromatic N) is 2. The monoisotopic (exact) mass is 351 g/mol. The summed E-state index contributed by atoms with van der Waals surface area (Å²) in [6.07, 6.45) is 7.75. The van der Waals surface area contributed by atoms with Crippen molar-refractivity contribution >= 4 is 33.0 Å². The normalized spacial score (nSPS) is 11.8. The van der Waals surface area contributed by atoms with Crippen LogP contribution in [0.25, 0.3) is 0 Å². The maximum absolute atomic E-state index is 12.1. The van der Waals surface area contributed by atoms with Crippen LogP contribution in [-0.2, 0) is 6.54 Å². The summed E-state index contributed by atoms with van der Waals surface area (Å²) in [5.74, 6) is 2.41. The molecule has 20 heavy (non-hydrogen) atoms. The summed E-state index contributed by atoms with van der Waals surface area (Å²) in [4.78, 5) is 13.3. The van der Waals surface area contributed by atoms with Gasteiger partial charge in [-0.1, -0.05) is 18.9 Å². The maximum atomic E-state index is 12.1. The van der Waals surface area contributed by atoms with Gasteiger partial charge in [0.1, 0.15) is 11.0 Å². The van der Waals surface area contributed by atoms with Gasteiger partial charge >= 0.3 is 0 Å². The quantitative estimate of drug-likeness (QED) is 0.841. The summed E-state index contributed by atoms with van der Waals surface area (Å²) in [5.41, 5.74) is 0.456. The highest BCUT2D eigenvalue weighted by atomic mass is 79.9. The van der Waals surface area contributed by atoms with E-state index in [1.165, 1.54) is 9.56 Å². The highest BCUT2D eigenvalue weighted by molar-refractivity contribution is 9.10. The van der Waals surface area contributed by atoms with Gasteiger partial charge in [-0.05, 0) is 33.8 Å². The minimum Gasteiger partial charge on any atom is -0.375 e. The van der Waals surface area contributed by atoms with Crippen LogP contribution in [0.3, 0.4) is 0 Å². The number of anilines is 1. The van der Waals surface area contributed by atoms with Gasteiger partial charge in [-0.15, -0.1) is 17.8 Å². The number of terminal acetylenes is 1. The van der Waals surface area contributed by atoms with Crippen LogP contribution in [0.4, 0.5) is 5.69 Å². The Kier molecular flexibility index (Phi) is 4.99. The van der Waals surface area contributed by atoms with Crippen LogP contribution in [0.5, 0.6) is 0 Å². The lowest BCUT2D eigenvalue weighted by molar-refractivity contribution is 0.656. The minimum absolute atomic E-state index is 0.163. The third-order valence-corrected chi connectivity index (χ3v) is 4.60. The third-order valence-electron chi connectivity index (χ3n) is 2.85. The summed E-state index contributed by atoms with van der Waals surface area (Å²) in [7, 11) is 0. The molecule has 0 amide bonds. The molecule has 0 spiro atoms. The minimum atomic E-state index is -0.228. The number of aromatic nitrogens is 2. The van der Waals surface area contributed by atoms with Crippen LogP contribution >= 0.6 is 27.3 Å². The van der Waals surface area contributed by atoms with Crippen molar-refractivity contribution in [2.24, 2.45) is 0 Å². The summed E-state index contributed by atoms with van der Waals surface area (Å²) in [6.45, 7) is 2.26. The second-order valence-corrected chi connectivity index (χ2v) is 5.93. The molecule has 6 heteroatoms. The molecule has 2 aromatic heterocycles. The number of nitrogens with one attached hydrogen (secondary N) is 1. The Morgan fingerprint density at radius 3 is 3.05 bits per heavy atom. The zero-order chi connectivity index (χ0) is 14.5. The first kappa shape index (κ1) is 14.8. The number of rotatable bonds is 5. The summed E-state index contributed by atoms with van der Waals surface area (Å²) in [5, 5.41) is 9.46. The number of hydrogen-bond acceptors (Lipinski definition) is 4. The average Bonchev–Trinajstić information content (AvgIpc) is 2.97. The molecule has 1 atom stereocenters. The number of thiophene rings is 1. The van der Waals surface area contributed by atoms with Crippen molar-refractivity contribution in [3.63, 3.8) is 0 Å². The van der Waals surface area contributed by atoms with E-state index in [-0.39, 0.29) is 18.1 Å². The van der Waals surface area contributed by atoms with E-state index in [1.807, 2.05) is 11.4 Å². The Morgan fingerprint density at radius 1 is 1.65 bits per heavy atom. The Hall–Kier alpha value is -1.58. The molecule has 0 aliphatic heterocycles. The molecule has 2 rings (SSSR count). The van der Waals surface area contributed by atoms with E-state index in [0.717, 1.165) is 6.42 Å². The predicted octanol–water partition coefficient (Wildman–Crippen LogP) is 3.26. The fourth-order valence-electron chi connectivity index (χ4n) is 1.82. The van der Waals surface area contributed by atoms with Crippen LogP contribution in [0, 0.1) is 12.3 Å². The standard InChI is InChI=1S/C14H14BrN3OS/c1-3-7-18-14(19)13(15)11(9-16-18)17-10(4-2)12-6-5-8-20-12/h1,5-6,8-10,17H,4,7H2,2H3. The van der Waals surface area contributed by atoms with Crippen molar-refractivity contribution in [2.75, 3.05) is 5.32 Å². The Balaban J connectivity index is 2.28. The molecular weight excluding hydrogens is 338 g/mol. The summed E-state index contributed by atoms with van der Waals surface area (Å²) < 4.78 is 1.71. The van der Waals surface area contributed by atoms with Gasteiger partial charge in [0, 0.05) is 4.88 Å². The van der Waals surface area contributed by atoms with Gasteiger partial charge in [-0.25, -0.2) is 4.68 Å². The lowest BCUT2D eigenvalue weighted by Gasteiger charge is -2.17. The highest BCUT2D eigenvalue weighted by Crippen LogP contribution is 2.28. The van der Waals surface area contributed by atoms with Crippen LogP contribution in [0.2, 0.25) is 0 Å². The van der Waals surface area contributed by atoms with Gasteiger partial charge in [0.05, 0.1) is 17.9 Å². The molecule has 0 saturated heterocycles. The van der Waals surface area contributed by atoms with Crippen molar-refractivity contribution in [2.45, 2.75) is 25.9 Å². The van der Waals surface area contributed by atoms with E-state index in [2.05, 4.69) is 45.3 Å². The molecule has 0 fully saturated rings. The van der Waals surface area contributed by atoms with Gasteiger partial charge < -0.3 is 5.32 Å². The van der Waals surface area contributed by atoms with Gasteiger partial charge in [-0.3, -0.25) is 4.79 Å². The lowest BCUT2D eigenvalue weighted by atomic mass is 10.2. The van der Waals surface area contributed by atoms with Crippen molar-refractivity contribution in [3.8, 4) is 12.3 Å². The molecule has 0 aliphatic rings. The molecule has 1 unspecified atom stereocenters. The smallest absolute Gasteiger partial charge is 0.284 e. The van der Waals surface area contributed by atoms with Crippen molar-refractivity contribution < 1.29 is 0 Å². The number of halogens is 1. The molecule has 0 bridgehead atoms. The topological polar surface area (TPSA) is 46.9 Å². The second-order valence-electron chi connectivity index (χ2n) is 4.16. The van der Waals surface area contributed by atoms with Crippen LogP contribution < -0.4 is 10.9 Å². The SMILES string of the molecule is C#CCn1ncc(NC(CC)c2cccs2)c(Br)c1=O. The largest absolute Gasteiger partial charge is 0.375 e. The number of hydrogen-bond donors (Lipinski definition) is 1. The predicted molar refractivity (Wildman–Crippen MR) is 86.0 cm³/mol. The van der Waals surface area contributed by atoms with E-state index in [1.54, 1.807) is 17.5 Å². The van der Waals surface area contributed by atoms with E-state index >= 15 is 0 Å². The van der Waals surface area contributed by atoms with Crippen molar-refractivity contribution in [1.82, 2.24) is 9.78 Å². The molecule has 0 aromatic carbocycles. The fourth-order valence-corrected chi connectivity index (χ4v) is 3.10. The molecule has 0 saturated carbocycles. The summed E-state index contributed by atoms with van der Waals surface area (Å²) in [6, 6.07) is 4.26. The summed E-state index contributed by atoms with van der Waals surface area (Å²) >= 11 is 5.01. The van der Waals surface area contributed by atoms with Crippen molar-refractivity contribution in [3.05, 3.63) is 43.4 Å². The fraction of sp³-hybridized carbons (Fsp3) is 0.286. The molecule has 2 aromatic rings. The molecule has 104 valence electrons. The average molecular weight is 352 g/mol. The van der Waals surface area contributed by atoms with Crippen LogP contribution in [0.15, 0.2) is 33.0 Å².